The number of rotatable bonds is 3. The Bertz CT molecular complexity index is 662. The molecule has 0 radical (unpaired) electrons. The maximum atomic E-state index is 10.2. The topological polar surface area (TPSA) is 101 Å². The van der Waals surface area contributed by atoms with Crippen molar-refractivity contribution in [3.8, 4) is 0 Å². The first-order valence-corrected chi connectivity index (χ1v) is 7.79. The predicted octanol–water partition coefficient (Wildman–Crippen LogP) is 0.0731. The highest BCUT2D eigenvalue weighted by atomic mass is 32.2. The number of hydrogen-bond acceptors (Lipinski definition) is 7. The Morgan fingerprint density at radius 1 is 1.33 bits per heavy atom. The molecule has 1 aliphatic rings. The van der Waals surface area contributed by atoms with Crippen molar-refractivity contribution in [2.24, 2.45) is 0 Å². The second-order valence-electron chi connectivity index (χ2n) is 5.03. The minimum atomic E-state index is -1.13. The number of aryl methyl sites for hydroxylation is 1. The Hall–Kier alpha value is -1.19. The normalized spacial score (nSPS) is 29.4. The molecule has 0 saturated carbocycles. The van der Waals surface area contributed by atoms with Gasteiger partial charge in [-0.1, -0.05) is 0 Å². The van der Waals surface area contributed by atoms with Crippen LogP contribution in [0.5, 0.6) is 0 Å². The molecular weight excluding hydrogens is 294 g/mol. The second-order valence-corrected chi connectivity index (χ2v) is 5.82. The molecule has 1 aliphatic heterocycles. The quantitative estimate of drug-likeness (QED) is 0.545. The van der Waals surface area contributed by atoms with Gasteiger partial charge in [-0.3, -0.25) is 0 Å². The van der Waals surface area contributed by atoms with E-state index in [1.54, 1.807) is 4.57 Å². The van der Waals surface area contributed by atoms with Gasteiger partial charge in [0.15, 0.2) is 6.23 Å². The van der Waals surface area contributed by atoms with Crippen LogP contribution in [0.3, 0.4) is 0 Å². The van der Waals surface area contributed by atoms with E-state index in [1.807, 2.05) is 19.4 Å². The number of hydrogen-bond donors (Lipinski definition) is 3. The zero-order chi connectivity index (χ0) is 15.1. The lowest BCUT2D eigenvalue weighted by atomic mass is 10.1. The SMILES string of the molecule is CSc1ncnc2c1c(C)cn2[C@@H]1O[C@H](CO)[C@@H](O)[C@H]1O. The van der Waals surface area contributed by atoms with Crippen LogP contribution in [0.25, 0.3) is 11.0 Å². The van der Waals surface area contributed by atoms with Gasteiger partial charge in [0.05, 0.1) is 12.0 Å². The molecule has 3 N–H and O–H groups in total. The predicted molar refractivity (Wildman–Crippen MR) is 77.1 cm³/mol. The lowest BCUT2D eigenvalue weighted by Gasteiger charge is -2.17. The molecule has 4 atom stereocenters. The summed E-state index contributed by atoms with van der Waals surface area (Å²) in [7, 11) is 0. The third kappa shape index (κ3) is 2.23. The van der Waals surface area contributed by atoms with Gasteiger partial charge in [-0.15, -0.1) is 11.8 Å². The maximum absolute atomic E-state index is 10.2. The van der Waals surface area contributed by atoms with Crippen LogP contribution in [0.2, 0.25) is 0 Å². The van der Waals surface area contributed by atoms with Crippen LogP contribution in [0.15, 0.2) is 17.6 Å². The van der Waals surface area contributed by atoms with Crippen LogP contribution in [0.4, 0.5) is 0 Å². The van der Waals surface area contributed by atoms with Crippen molar-refractivity contribution < 1.29 is 20.1 Å². The molecule has 2 aromatic rings. The zero-order valence-corrected chi connectivity index (χ0v) is 12.5. The summed E-state index contributed by atoms with van der Waals surface area (Å²) in [5.74, 6) is 0. The lowest BCUT2D eigenvalue weighted by Crippen LogP contribution is -2.33. The van der Waals surface area contributed by atoms with E-state index in [9.17, 15) is 15.3 Å². The summed E-state index contributed by atoms with van der Waals surface area (Å²) in [6, 6.07) is 0. The van der Waals surface area contributed by atoms with Crippen molar-refractivity contribution in [1.82, 2.24) is 14.5 Å². The van der Waals surface area contributed by atoms with Gasteiger partial charge in [-0.05, 0) is 18.7 Å². The molecule has 7 nitrogen and oxygen atoms in total. The fraction of sp³-hybridized carbons (Fsp3) is 0.538. The van der Waals surface area contributed by atoms with E-state index in [1.165, 1.54) is 18.1 Å². The number of fused-ring (bicyclic) bond motifs is 1. The Kier molecular flexibility index (Phi) is 3.89. The van der Waals surface area contributed by atoms with Crippen LogP contribution >= 0.6 is 11.8 Å². The standard InChI is InChI=1S/C13H17N3O4S/c1-6-3-16(11-8(6)12(21-2)15-5-14-11)13-10(19)9(18)7(4-17)20-13/h3,5,7,9-10,13,17-19H,4H2,1-2H3/t7-,9-,10-,13-/m1/s1. The first-order chi connectivity index (χ1) is 10.1. The average Bonchev–Trinajstić information content (AvgIpc) is 2.98. The Labute approximate surface area is 125 Å². The van der Waals surface area contributed by atoms with Gasteiger partial charge in [0, 0.05) is 6.20 Å². The van der Waals surface area contributed by atoms with Crippen LogP contribution in [0.1, 0.15) is 11.8 Å². The summed E-state index contributed by atoms with van der Waals surface area (Å²) < 4.78 is 7.25. The van der Waals surface area contributed by atoms with E-state index in [2.05, 4.69) is 9.97 Å². The third-order valence-electron chi connectivity index (χ3n) is 3.75. The molecule has 0 aromatic carbocycles. The van der Waals surface area contributed by atoms with E-state index in [0.29, 0.717) is 5.65 Å². The van der Waals surface area contributed by atoms with Crippen molar-refractivity contribution in [2.45, 2.75) is 36.5 Å². The first-order valence-electron chi connectivity index (χ1n) is 6.57. The molecule has 114 valence electrons. The van der Waals surface area contributed by atoms with Gasteiger partial charge in [0.2, 0.25) is 0 Å². The van der Waals surface area contributed by atoms with Crippen LogP contribution in [-0.4, -0.2) is 61.0 Å². The fourth-order valence-corrected chi connectivity index (χ4v) is 3.30. The van der Waals surface area contributed by atoms with Gasteiger partial charge in [0.25, 0.3) is 0 Å². The Morgan fingerprint density at radius 2 is 2.10 bits per heavy atom. The number of thioether (sulfide) groups is 1. The molecule has 1 fully saturated rings. The van der Waals surface area contributed by atoms with Crippen LogP contribution in [-0.2, 0) is 4.74 Å². The maximum Gasteiger partial charge on any atom is 0.164 e. The van der Waals surface area contributed by atoms with E-state index < -0.39 is 24.5 Å². The third-order valence-corrected chi connectivity index (χ3v) is 4.45. The summed E-state index contributed by atoms with van der Waals surface area (Å²) in [6.07, 6.45) is 1.39. The summed E-state index contributed by atoms with van der Waals surface area (Å²) in [4.78, 5) is 8.51. The molecule has 3 heterocycles. The minimum absolute atomic E-state index is 0.349. The summed E-state index contributed by atoms with van der Waals surface area (Å²) in [5.41, 5.74) is 1.61. The van der Waals surface area contributed by atoms with Crippen molar-refractivity contribution in [3.05, 3.63) is 18.1 Å². The molecular formula is C13H17N3O4S. The van der Waals surface area contributed by atoms with Gasteiger partial charge in [-0.25, -0.2) is 9.97 Å². The summed E-state index contributed by atoms with van der Waals surface area (Å²) in [6.45, 7) is 1.58. The van der Waals surface area contributed by atoms with Crippen molar-refractivity contribution in [1.29, 1.82) is 0 Å². The largest absolute Gasteiger partial charge is 0.394 e. The number of aromatic nitrogens is 3. The van der Waals surface area contributed by atoms with E-state index in [0.717, 1.165) is 16.0 Å². The molecule has 1 saturated heterocycles. The second kappa shape index (κ2) is 5.54. The smallest absolute Gasteiger partial charge is 0.164 e. The fourth-order valence-electron chi connectivity index (χ4n) is 2.69. The molecule has 8 heteroatoms. The molecule has 0 unspecified atom stereocenters. The molecule has 0 bridgehead atoms. The lowest BCUT2D eigenvalue weighted by molar-refractivity contribution is -0.0509. The Balaban J connectivity index is 2.10. The number of aliphatic hydroxyl groups excluding tert-OH is 3. The highest BCUT2D eigenvalue weighted by Crippen LogP contribution is 2.35. The molecule has 21 heavy (non-hydrogen) atoms. The monoisotopic (exact) mass is 311 g/mol. The van der Waals surface area contributed by atoms with Gasteiger partial charge in [0.1, 0.15) is 35.3 Å². The van der Waals surface area contributed by atoms with E-state index in [4.69, 9.17) is 4.74 Å². The summed E-state index contributed by atoms with van der Waals surface area (Å²) >= 11 is 1.52. The molecule has 2 aromatic heterocycles. The van der Waals surface area contributed by atoms with Crippen LogP contribution < -0.4 is 0 Å². The van der Waals surface area contributed by atoms with Crippen molar-refractivity contribution in [3.63, 3.8) is 0 Å². The van der Waals surface area contributed by atoms with E-state index in [-0.39, 0.29) is 6.61 Å². The number of ether oxygens (including phenoxy) is 1. The summed E-state index contributed by atoms with van der Waals surface area (Å²) in [5, 5.41) is 31.0. The van der Waals surface area contributed by atoms with Crippen molar-refractivity contribution in [2.75, 3.05) is 12.9 Å². The molecule has 0 amide bonds. The highest BCUT2D eigenvalue weighted by Gasteiger charge is 2.43. The Morgan fingerprint density at radius 3 is 2.71 bits per heavy atom. The van der Waals surface area contributed by atoms with E-state index >= 15 is 0 Å². The highest BCUT2D eigenvalue weighted by molar-refractivity contribution is 7.98. The van der Waals surface area contributed by atoms with Crippen LogP contribution in [0, 0.1) is 6.92 Å². The average molecular weight is 311 g/mol. The minimum Gasteiger partial charge on any atom is -0.394 e. The van der Waals surface area contributed by atoms with Gasteiger partial charge >= 0.3 is 0 Å². The molecule has 0 spiro atoms. The molecule has 0 aliphatic carbocycles. The van der Waals surface area contributed by atoms with Gasteiger partial charge < -0.3 is 24.6 Å². The van der Waals surface area contributed by atoms with Gasteiger partial charge in [-0.2, -0.15) is 0 Å². The number of aliphatic hydroxyl groups is 3. The number of nitrogens with zero attached hydrogens (tertiary/aromatic N) is 3. The first kappa shape index (κ1) is 14.7. The molecule has 3 rings (SSSR count). The zero-order valence-electron chi connectivity index (χ0n) is 11.7. The van der Waals surface area contributed by atoms with Crippen molar-refractivity contribution >= 4 is 22.8 Å².